The summed E-state index contributed by atoms with van der Waals surface area (Å²) in [7, 11) is 0. The van der Waals surface area contributed by atoms with Gasteiger partial charge in [-0.2, -0.15) is 0 Å². The van der Waals surface area contributed by atoms with E-state index in [-0.39, 0.29) is 17.3 Å². The van der Waals surface area contributed by atoms with Crippen molar-refractivity contribution in [1.82, 2.24) is 5.32 Å². The van der Waals surface area contributed by atoms with E-state index in [2.05, 4.69) is 37.2 Å². The Bertz CT molecular complexity index is 1720. The Hall–Kier alpha value is -3.61. The van der Waals surface area contributed by atoms with E-state index in [1.165, 1.54) is 0 Å². The van der Waals surface area contributed by atoms with Gasteiger partial charge in [-0.1, -0.05) is 117 Å². The zero-order valence-corrected chi connectivity index (χ0v) is 23.0. The first-order valence-corrected chi connectivity index (χ1v) is 13.9. The summed E-state index contributed by atoms with van der Waals surface area (Å²) in [4.78, 5) is 43.6. The van der Waals surface area contributed by atoms with E-state index in [0.717, 1.165) is 25.6 Å². The number of carbonyl (C=O) groups excluding carboxylic acids is 3. The molecule has 7 rings (SSSR count). The summed E-state index contributed by atoms with van der Waals surface area (Å²) in [5.41, 5.74) is 3.16. The Labute approximate surface area is 236 Å². The van der Waals surface area contributed by atoms with Crippen LogP contribution < -0.4 is 5.32 Å². The van der Waals surface area contributed by atoms with Crippen LogP contribution in [0.3, 0.4) is 0 Å². The zero-order chi connectivity index (χ0) is 26.2. The van der Waals surface area contributed by atoms with Crippen molar-refractivity contribution in [2.24, 2.45) is 5.41 Å². The quantitative estimate of drug-likeness (QED) is 0.238. The van der Waals surface area contributed by atoms with Gasteiger partial charge in [0.25, 0.3) is 0 Å². The van der Waals surface area contributed by atoms with Crippen LogP contribution in [0, 0.1) is 5.41 Å². The fraction of sp³-hybridized carbons (Fsp3) is 0.0938. The Balaban J connectivity index is 1.63. The van der Waals surface area contributed by atoms with Crippen molar-refractivity contribution in [2.45, 2.75) is 12.0 Å². The van der Waals surface area contributed by atoms with Crippen LogP contribution in [0.4, 0.5) is 0 Å². The Morgan fingerprint density at radius 3 is 1.63 bits per heavy atom. The molecule has 38 heavy (non-hydrogen) atoms. The minimum atomic E-state index is -1.62. The third kappa shape index (κ3) is 2.93. The van der Waals surface area contributed by atoms with E-state index in [1.54, 1.807) is 24.3 Å². The molecule has 0 amide bonds. The van der Waals surface area contributed by atoms with Crippen molar-refractivity contribution < 1.29 is 14.4 Å². The van der Waals surface area contributed by atoms with Crippen LogP contribution >= 0.6 is 31.9 Å². The molecule has 0 fully saturated rings. The number of allylic oxidation sites excluding steroid dienone is 1. The van der Waals surface area contributed by atoms with Gasteiger partial charge in [-0.15, -0.1) is 0 Å². The molecule has 0 aromatic heterocycles. The minimum absolute atomic E-state index is 0.162. The number of fused-ring (bicyclic) bond motifs is 3. The third-order valence-corrected chi connectivity index (χ3v) is 9.49. The molecule has 0 bridgehead atoms. The van der Waals surface area contributed by atoms with Crippen molar-refractivity contribution in [1.29, 1.82) is 0 Å². The molecule has 4 aromatic rings. The molecule has 0 saturated heterocycles. The topological polar surface area (TPSA) is 63.2 Å². The second-order valence-corrected chi connectivity index (χ2v) is 11.5. The van der Waals surface area contributed by atoms with Gasteiger partial charge in [0.1, 0.15) is 5.41 Å². The fourth-order valence-corrected chi connectivity index (χ4v) is 7.51. The number of benzene rings is 4. The summed E-state index contributed by atoms with van der Waals surface area (Å²) in [6.45, 7) is 0. The standard InChI is InChI=1S/C32H19Br2NO3/c33-23-15-7-5-13-21(23)26-25-27(17-9-1-2-10-18(17)28(25)36)35-29(22-14-6-8-16-24(22)34)32(26)30(37)19-11-3-4-12-20(19)31(32)38/h1-16,26,29,35H. The number of ketones is 3. The first-order valence-electron chi connectivity index (χ1n) is 12.3. The highest BCUT2D eigenvalue weighted by Crippen LogP contribution is 2.63. The van der Waals surface area contributed by atoms with E-state index >= 15 is 0 Å². The maximum atomic E-state index is 14.7. The van der Waals surface area contributed by atoms with E-state index in [4.69, 9.17) is 0 Å². The minimum Gasteiger partial charge on any atom is -0.376 e. The number of carbonyl (C=O) groups is 3. The number of hydrogen-bond acceptors (Lipinski definition) is 4. The molecule has 0 radical (unpaired) electrons. The highest BCUT2D eigenvalue weighted by Gasteiger charge is 2.67. The average Bonchev–Trinajstić information content (AvgIpc) is 3.34. The molecule has 4 aromatic carbocycles. The van der Waals surface area contributed by atoms with Crippen LogP contribution in [0.25, 0.3) is 5.70 Å². The Kier molecular flexibility index (Phi) is 5.23. The Morgan fingerprint density at radius 1 is 0.579 bits per heavy atom. The lowest BCUT2D eigenvalue weighted by molar-refractivity contribution is 0.0582. The molecule has 0 saturated carbocycles. The lowest BCUT2D eigenvalue weighted by Gasteiger charge is -2.47. The summed E-state index contributed by atoms with van der Waals surface area (Å²) in [5.74, 6) is -1.53. The number of nitrogens with one attached hydrogen (secondary N) is 1. The van der Waals surface area contributed by atoms with Crippen LogP contribution in [0.2, 0.25) is 0 Å². The molecule has 1 N–H and O–H groups in total. The predicted octanol–water partition coefficient (Wildman–Crippen LogP) is 7.31. The number of halogens is 2. The van der Waals surface area contributed by atoms with Crippen LogP contribution in [-0.4, -0.2) is 17.3 Å². The first-order chi connectivity index (χ1) is 18.5. The van der Waals surface area contributed by atoms with Gasteiger partial charge in [-0.3, -0.25) is 14.4 Å². The predicted molar refractivity (Wildman–Crippen MR) is 152 cm³/mol. The smallest absolute Gasteiger partial charge is 0.192 e. The molecule has 6 heteroatoms. The summed E-state index contributed by atoms with van der Waals surface area (Å²) in [5, 5.41) is 3.58. The van der Waals surface area contributed by atoms with Gasteiger partial charge in [0, 0.05) is 42.7 Å². The first kappa shape index (κ1) is 23.5. The van der Waals surface area contributed by atoms with Crippen LogP contribution in [-0.2, 0) is 0 Å². The van der Waals surface area contributed by atoms with Crippen LogP contribution in [0.15, 0.2) is 112 Å². The molecular weight excluding hydrogens is 606 g/mol. The summed E-state index contributed by atoms with van der Waals surface area (Å²) in [6.07, 6.45) is 0. The van der Waals surface area contributed by atoms with Gasteiger partial charge >= 0.3 is 0 Å². The lowest BCUT2D eigenvalue weighted by atomic mass is 9.58. The van der Waals surface area contributed by atoms with E-state index < -0.39 is 17.4 Å². The lowest BCUT2D eigenvalue weighted by Crippen LogP contribution is -2.53. The largest absolute Gasteiger partial charge is 0.376 e. The molecule has 2 unspecified atom stereocenters. The molecule has 2 atom stereocenters. The fourth-order valence-electron chi connectivity index (χ4n) is 6.48. The number of rotatable bonds is 2. The summed E-state index contributed by atoms with van der Waals surface area (Å²) in [6, 6.07) is 28.9. The average molecular weight is 625 g/mol. The van der Waals surface area contributed by atoms with Crippen molar-refractivity contribution in [3.63, 3.8) is 0 Å². The number of hydrogen-bond donors (Lipinski definition) is 1. The molecule has 1 heterocycles. The highest BCUT2D eigenvalue weighted by atomic mass is 79.9. The maximum absolute atomic E-state index is 14.7. The van der Waals surface area contributed by atoms with E-state index in [9.17, 15) is 14.4 Å². The number of Topliss-reactive ketones (excluding diaryl/α,β-unsaturated/α-hetero) is 3. The summed E-state index contributed by atoms with van der Waals surface area (Å²) < 4.78 is 1.52. The highest BCUT2D eigenvalue weighted by molar-refractivity contribution is 9.10. The molecule has 4 nitrogen and oxygen atoms in total. The van der Waals surface area contributed by atoms with Crippen molar-refractivity contribution in [3.8, 4) is 0 Å². The summed E-state index contributed by atoms with van der Waals surface area (Å²) >= 11 is 7.38. The normalized spacial score (nSPS) is 20.8. The van der Waals surface area contributed by atoms with Crippen molar-refractivity contribution in [3.05, 3.63) is 145 Å². The molecule has 1 aliphatic heterocycles. The van der Waals surface area contributed by atoms with E-state index in [0.29, 0.717) is 28.0 Å². The van der Waals surface area contributed by atoms with Crippen molar-refractivity contribution >= 4 is 54.9 Å². The maximum Gasteiger partial charge on any atom is 0.192 e. The molecule has 2 aliphatic carbocycles. The van der Waals surface area contributed by atoms with Gasteiger partial charge in [-0.25, -0.2) is 0 Å². The monoisotopic (exact) mass is 623 g/mol. The molecule has 184 valence electrons. The van der Waals surface area contributed by atoms with E-state index in [1.807, 2.05) is 72.8 Å². The molecular formula is C32H19Br2NO3. The van der Waals surface area contributed by atoms with Crippen LogP contribution in [0.5, 0.6) is 0 Å². The second-order valence-electron chi connectivity index (χ2n) is 9.79. The third-order valence-electron chi connectivity index (χ3n) is 8.04. The SMILES string of the molecule is O=C1C2=C(NC(c3ccccc3Br)C3(C(=O)c4ccccc4C3=O)C2c2ccccc2Br)c2ccccc21. The molecule has 3 aliphatic rings. The second kappa shape index (κ2) is 8.45. The van der Waals surface area contributed by atoms with Crippen molar-refractivity contribution in [2.75, 3.05) is 0 Å². The van der Waals surface area contributed by atoms with Crippen LogP contribution in [0.1, 0.15) is 59.7 Å². The Morgan fingerprint density at radius 2 is 1.05 bits per heavy atom. The molecule has 1 spiro atoms. The van der Waals surface area contributed by atoms with Gasteiger partial charge in [-0.05, 0) is 23.3 Å². The zero-order valence-electron chi connectivity index (χ0n) is 19.9. The van der Waals surface area contributed by atoms with Gasteiger partial charge in [0.2, 0.25) is 0 Å². The van der Waals surface area contributed by atoms with Gasteiger partial charge in [0.05, 0.1) is 11.7 Å². The van der Waals surface area contributed by atoms with Gasteiger partial charge < -0.3 is 5.32 Å². The van der Waals surface area contributed by atoms with Gasteiger partial charge in [0.15, 0.2) is 17.3 Å².